The largest absolute Gasteiger partial charge is 0.383 e. The number of nitrogens with zero attached hydrogens (tertiary/aromatic N) is 2. The number of nitrogens with one attached hydrogen (secondary N) is 1. The molecule has 0 saturated carbocycles. The zero-order valence-corrected chi connectivity index (χ0v) is 9.86. The summed E-state index contributed by atoms with van der Waals surface area (Å²) >= 11 is 0. The van der Waals surface area contributed by atoms with Crippen molar-refractivity contribution < 1.29 is 4.74 Å². The lowest BCUT2D eigenvalue weighted by atomic mass is 10.1. The normalized spacial score (nSPS) is 13.0. The van der Waals surface area contributed by atoms with Crippen LogP contribution in [0.3, 0.4) is 0 Å². The lowest BCUT2D eigenvalue weighted by molar-refractivity contribution is 0.198. The van der Waals surface area contributed by atoms with Gasteiger partial charge >= 0.3 is 0 Å². The maximum Gasteiger partial charge on any atom is 0.108 e. The molecule has 15 heavy (non-hydrogen) atoms. The van der Waals surface area contributed by atoms with Crippen LogP contribution in [-0.4, -0.2) is 36.4 Å². The van der Waals surface area contributed by atoms with Crippen LogP contribution in [0.15, 0.2) is 12.4 Å². The van der Waals surface area contributed by atoms with E-state index in [9.17, 15) is 0 Å². The Hall–Kier alpha value is -0.870. The quantitative estimate of drug-likeness (QED) is 0.679. The van der Waals surface area contributed by atoms with E-state index in [0.29, 0.717) is 5.92 Å². The van der Waals surface area contributed by atoms with Crippen molar-refractivity contribution in [2.45, 2.75) is 13.3 Å². The molecule has 1 rings (SSSR count). The van der Waals surface area contributed by atoms with Gasteiger partial charge in [-0.3, -0.25) is 0 Å². The van der Waals surface area contributed by atoms with Gasteiger partial charge in [-0.05, 0) is 12.5 Å². The number of hydrogen-bond donors (Lipinski definition) is 1. The number of methoxy groups -OCH3 is 1. The molecule has 1 aromatic heterocycles. The zero-order valence-electron chi connectivity index (χ0n) is 9.86. The molecule has 0 saturated heterocycles. The second-order valence-corrected chi connectivity index (χ2v) is 3.96. The van der Waals surface area contributed by atoms with Gasteiger partial charge in [-0.15, -0.1) is 0 Å². The maximum absolute atomic E-state index is 4.97. The lowest BCUT2D eigenvalue weighted by Crippen LogP contribution is -2.26. The fourth-order valence-electron chi connectivity index (χ4n) is 1.50. The molecule has 0 spiro atoms. The molecule has 1 atom stereocenters. The Balaban J connectivity index is 2.18. The Kier molecular flexibility index (Phi) is 5.36. The molecule has 0 fully saturated rings. The van der Waals surface area contributed by atoms with Crippen LogP contribution >= 0.6 is 0 Å². The van der Waals surface area contributed by atoms with Crippen LogP contribution in [0.5, 0.6) is 0 Å². The van der Waals surface area contributed by atoms with E-state index in [2.05, 4.69) is 21.8 Å². The van der Waals surface area contributed by atoms with Crippen molar-refractivity contribution in [3.05, 3.63) is 18.2 Å². The first-order chi connectivity index (χ1) is 7.24. The van der Waals surface area contributed by atoms with E-state index in [-0.39, 0.29) is 0 Å². The number of rotatable bonds is 7. The summed E-state index contributed by atoms with van der Waals surface area (Å²) in [6.07, 6.45) is 4.85. The van der Waals surface area contributed by atoms with Crippen molar-refractivity contribution >= 4 is 0 Å². The average Bonchev–Trinajstić information content (AvgIpc) is 2.59. The number of imidazole rings is 1. The van der Waals surface area contributed by atoms with E-state index < -0.39 is 0 Å². The maximum atomic E-state index is 4.97. The van der Waals surface area contributed by atoms with E-state index in [1.165, 1.54) is 0 Å². The first kappa shape index (κ1) is 12.2. The number of hydrogen-bond acceptors (Lipinski definition) is 3. The van der Waals surface area contributed by atoms with Gasteiger partial charge in [-0.1, -0.05) is 6.92 Å². The highest BCUT2D eigenvalue weighted by Gasteiger charge is 2.06. The number of aryl methyl sites for hydroxylation is 1. The van der Waals surface area contributed by atoms with E-state index in [0.717, 1.165) is 31.9 Å². The minimum absolute atomic E-state index is 0.600. The fraction of sp³-hybridized carbons (Fsp3) is 0.727. The molecule has 0 aliphatic rings. The van der Waals surface area contributed by atoms with Gasteiger partial charge in [0.25, 0.3) is 0 Å². The van der Waals surface area contributed by atoms with Crippen LogP contribution in [0, 0.1) is 5.92 Å². The van der Waals surface area contributed by atoms with Gasteiger partial charge in [0.2, 0.25) is 0 Å². The van der Waals surface area contributed by atoms with Crippen LogP contribution in [0.2, 0.25) is 0 Å². The average molecular weight is 211 g/mol. The molecule has 0 amide bonds. The summed E-state index contributed by atoms with van der Waals surface area (Å²) < 4.78 is 7.04. The summed E-state index contributed by atoms with van der Waals surface area (Å²) in [4.78, 5) is 4.31. The van der Waals surface area contributed by atoms with Gasteiger partial charge in [0.1, 0.15) is 5.82 Å². The van der Waals surface area contributed by atoms with E-state index in [1.807, 2.05) is 19.4 Å². The lowest BCUT2D eigenvalue weighted by Gasteiger charge is -2.12. The Morgan fingerprint density at radius 2 is 2.40 bits per heavy atom. The van der Waals surface area contributed by atoms with Gasteiger partial charge in [0, 0.05) is 39.5 Å². The summed E-state index contributed by atoms with van der Waals surface area (Å²) in [5.74, 6) is 1.75. The Labute approximate surface area is 91.7 Å². The summed E-state index contributed by atoms with van der Waals surface area (Å²) in [5, 5.41) is 3.36. The molecule has 0 aliphatic heterocycles. The third kappa shape index (κ3) is 4.44. The molecule has 1 aromatic rings. The summed E-state index contributed by atoms with van der Waals surface area (Å²) in [6, 6.07) is 0. The minimum atomic E-state index is 0.600. The van der Waals surface area contributed by atoms with Crippen molar-refractivity contribution in [1.82, 2.24) is 14.9 Å². The molecule has 1 heterocycles. The van der Waals surface area contributed by atoms with E-state index in [4.69, 9.17) is 4.74 Å². The fourth-order valence-corrected chi connectivity index (χ4v) is 1.50. The van der Waals surface area contributed by atoms with Gasteiger partial charge in [0.05, 0.1) is 6.61 Å². The van der Waals surface area contributed by atoms with Gasteiger partial charge in [-0.25, -0.2) is 4.98 Å². The van der Waals surface area contributed by atoms with Crippen molar-refractivity contribution in [3.8, 4) is 0 Å². The van der Waals surface area contributed by atoms with Crippen LogP contribution in [0.1, 0.15) is 12.7 Å². The predicted octanol–water partition coefficient (Wildman–Crippen LogP) is 0.835. The monoisotopic (exact) mass is 211 g/mol. The summed E-state index contributed by atoms with van der Waals surface area (Å²) in [5.41, 5.74) is 0. The highest BCUT2D eigenvalue weighted by molar-refractivity contribution is 4.92. The molecule has 0 bridgehead atoms. The molecule has 1 unspecified atom stereocenters. The standard InChI is InChI=1S/C11H21N3O/c1-10(9-12-5-7-15-3)8-11-13-4-6-14(11)2/h4,6,10,12H,5,7-9H2,1-3H3. The second kappa shape index (κ2) is 6.58. The van der Waals surface area contributed by atoms with Gasteiger partial charge in [-0.2, -0.15) is 0 Å². The van der Waals surface area contributed by atoms with Gasteiger partial charge in [0.15, 0.2) is 0 Å². The first-order valence-corrected chi connectivity index (χ1v) is 5.40. The Morgan fingerprint density at radius 1 is 1.60 bits per heavy atom. The van der Waals surface area contributed by atoms with Crippen molar-refractivity contribution in [2.75, 3.05) is 26.8 Å². The van der Waals surface area contributed by atoms with Crippen LogP contribution in [0.4, 0.5) is 0 Å². The highest BCUT2D eigenvalue weighted by atomic mass is 16.5. The third-order valence-corrected chi connectivity index (χ3v) is 2.43. The molecule has 0 aliphatic carbocycles. The molecule has 0 radical (unpaired) electrons. The second-order valence-electron chi connectivity index (χ2n) is 3.96. The Morgan fingerprint density at radius 3 is 3.00 bits per heavy atom. The van der Waals surface area contributed by atoms with Crippen LogP contribution < -0.4 is 5.32 Å². The van der Waals surface area contributed by atoms with E-state index >= 15 is 0 Å². The molecule has 4 nitrogen and oxygen atoms in total. The molecule has 86 valence electrons. The SMILES string of the molecule is COCCNCC(C)Cc1nccn1C. The van der Waals surface area contributed by atoms with Crippen LogP contribution in [0.25, 0.3) is 0 Å². The molecular weight excluding hydrogens is 190 g/mol. The molecule has 1 N–H and O–H groups in total. The van der Waals surface area contributed by atoms with Crippen LogP contribution in [-0.2, 0) is 18.2 Å². The first-order valence-electron chi connectivity index (χ1n) is 5.40. The highest BCUT2D eigenvalue weighted by Crippen LogP contribution is 2.04. The predicted molar refractivity (Wildman–Crippen MR) is 60.8 cm³/mol. The third-order valence-electron chi connectivity index (χ3n) is 2.43. The zero-order chi connectivity index (χ0) is 11.1. The number of ether oxygens (including phenoxy) is 1. The molecular formula is C11H21N3O. The van der Waals surface area contributed by atoms with Crippen molar-refractivity contribution in [2.24, 2.45) is 13.0 Å². The van der Waals surface area contributed by atoms with Crippen molar-refractivity contribution in [1.29, 1.82) is 0 Å². The topological polar surface area (TPSA) is 39.1 Å². The van der Waals surface area contributed by atoms with Gasteiger partial charge < -0.3 is 14.6 Å². The molecule has 4 heteroatoms. The van der Waals surface area contributed by atoms with Crippen molar-refractivity contribution in [3.63, 3.8) is 0 Å². The van der Waals surface area contributed by atoms with E-state index in [1.54, 1.807) is 7.11 Å². The number of aromatic nitrogens is 2. The Bertz CT molecular complexity index is 273. The minimum Gasteiger partial charge on any atom is -0.383 e. The smallest absolute Gasteiger partial charge is 0.108 e. The summed E-state index contributed by atoms with van der Waals surface area (Å²) in [7, 11) is 3.76. The molecule has 0 aromatic carbocycles. The summed E-state index contributed by atoms with van der Waals surface area (Å²) in [6.45, 7) is 4.93.